The quantitative estimate of drug-likeness (QED) is 0.471. The van der Waals surface area contributed by atoms with Crippen LogP contribution in [0.1, 0.15) is 32.7 Å². The lowest BCUT2D eigenvalue weighted by atomic mass is 9.99. The van der Waals surface area contributed by atoms with Crippen molar-refractivity contribution in [3.8, 4) is 0 Å². The van der Waals surface area contributed by atoms with Crippen molar-refractivity contribution in [1.82, 2.24) is 10.2 Å². The molecule has 0 spiro atoms. The van der Waals surface area contributed by atoms with Crippen molar-refractivity contribution in [3.05, 3.63) is 85.4 Å². The summed E-state index contributed by atoms with van der Waals surface area (Å²) in [7, 11) is 0. The number of nitrogens with zero attached hydrogens (tertiary/aromatic N) is 3. The van der Waals surface area contributed by atoms with Crippen LogP contribution in [0.4, 0.5) is 9.52 Å². The summed E-state index contributed by atoms with van der Waals surface area (Å²) in [5.41, 5.74) is 0.624. The van der Waals surface area contributed by atoms with Crippen LogP contribution in [0.15, 0.2) is 51.7 Å². The Bertz CT molecular complexity index is 1350. The fourth-order valence-corrected chi connectivity index (χ4v) is 4.37. The fourth-order valence-electron chi connectivity index (χ4n) is 3.49. The molecule has 9 heteroatoms. The highest BCUT2D eigenvalue weighted by Gasteiger charge is 2.45. The zero-order valence-corrected chi connectivity index (χ0v) is 16.4. The van der Waals surface area contributed by atoms with E-state index < -0.39 is 17.8 Å². The second-order valence-electron chi connectivity index (χ2n) is 6.55. The fraction of sp³-hybridized carbons (Fsp3) is 0.100. The summed E-state index contributed by atoms with van der Waals surface area (Å²) >= 11 is 7.27. The van der Waals surface area contributed by atoms with Gasteiger partial charge in [0.1, 0.15) is 16.4 Å². The van der Waals surface area contributed by atoms with E-state index in [9.17, 15) is 14.0 Å². The average molecular weight is 428 g/mol. The van der Waals surface area contributed by atoms with Gasteiger partial charge in [0.15, 0.2) is 5.43 Å². The number of fused-ring (bicyclic) bond motifs is 2. The van der Waals surface area contributed by atoms with Crippen LogP contribution in [0, 0.1) is 12.7 Å². The summed E-state index contributed by atoms with van der Waals surface area (Å²) in [6.07, 6.45) is 0. The molecule has 144 valence electrons. The molecule has 0 fully saturated rings. The molecule has 1 atom stereocenters. The Morgan fingerprint density at radius 2 is 1.90 bits per heavy atom. The maximum atomic E-state index is 13.5. The number of aromatic nitrogens is 2. The average Bonchev–Trinajstić information content (AvgIpc) is 3.25. The molecule has 3 heterocycles. The van der Waals surface area contributed by atoms with E-state index in [1.54, 1.807) is 19.1 Å². The van der Waals surface area contributed by atoms with Gasteiger partial charge in [-0.2, -0.15) is 0 Å². The maximum absolute atomic E-state index is 13.5. The highest BCUT2D eigenvalue weighted by molar-refractivity contribution is 7.15. The predicted molar refractivity (Wildman–Crippen MR) is 107 cm³/mol. The van der Waals surface area contributed by atoms with Crippen LogP contribution in [0.2, 0.25) is 5.02 Å². The molecule has 0 N–H and O–H groups in total. The third-order valence-electron chi connectivity index (χ3n) is 4.74. The second-order valence-corrected chi connectivity index (χ2v) is 8.14. The van der Waals surface area contributed by atoms with Gasteiger partial charge in [-0.1, -0.05) is 35.1 Å². The van der Waals surface area contributed by atoms with E-state index in [-0.39, 0.29) is 27.7 Å². The highest BCUT2D eigenvalue weighted by atomic mass is 35.5. The van der Waals surface area contributed by atoms with Crippen LogP contribution >= 0.6 is 22.9 Å². The topological polar surface area (TPSA) is 76.3 Å². The van der Waals surface area contributed by atoms with Gasteiger partial charge in [0, 0.05) is 5.02 Å². The molecule has 29 heavy (non-hydrogen) atoms. The van der Waals surface area contributed by atoms with Crippen LogP contribution in [0.3, 0.4) is 0 Å². The van der Waals surface area contributed by atoms with Crippen molar-refractivity contribution in [1.29, 1.82) is 0 Å². The summed E-state index contributed by atoms with van der Waals surface area (Å²) in [6, 6.07) is 9.45. The molecule has 2 aromatic carbocycles. The number of benzene rings is 2. The Hall–Kier alpha value is -3.10. The van der Waals surface area contributed by atoms with E-state index >= 15 is 0 Å². The molecule has 1 aliphatic heterocycles. The number of amides is 1. The first-order valence-corrected chi connectivity index (χ1v) is 9.79. The first-order valence-electron chi connectivity index (χ1n) is 8.59. The number of carbonyl (C=O) groups is 1. The smallest absolute Gasteiger partial charge is 0.297 e. The molecular weight excluding hydrogens is 417 g/mol. The zero-order chi connectivity index (χ0) is 20.3. The molecule has 1 amide bonds. The monoisotopic (exact) mass is 427 g/mol. The molecule has 1 aliphatic rings. The summed E-state index contributed by atoms with van der Waals surface area (Å²) in [5, 5.41) is 9.69. The van der Waals surface area contributed by atoms with Crippen LogP contribution in [-0.2, 0) is 0 Å². The van der Waals surface area contributed by atoms with Gasteiger partial charge in [-0.05, 0) is 42.8 Å². The first-order chi connectivity index (χ1) is 13.9. The molecule has 0 saturated heterocycles. The second kappa shape index (κ2) is 6.47. The molecule has 0 bridgehead atoms. The van der Waals surface area contributed by atoms with E-state index in [2.05, 4.69) is 10.2 Å². The number of carbonyl (C=O) groups excluding carboxylic acids is 1. The molecule has 0 saturated carbocycles. The van der Waals surface area contributed by atoms with Gasteiger partial charge in [-0.25, -0.2) is 4.39 Å². The first kappa shape index (κ1) is 18.0. The van der Waals surface area contributed by atoms with Gasteiger partial charge in [0.05, 0.1) is 17.0 Å². The molecule has 0 aliphatic carbocycles. The van der Waals surface area contributed by atoms with Gasteiger partial charge in [-0.3, -0.25) is 14.5 Å². The number of halogens is 2. The van der Waals surface area contributed by atoms with Crippen LogP contribution < -0.4 is 10.3 Å². The summed E-state index contributed by atoms with van der Waals surface area (Å²) in [5.74, 6) is -0.986. The maximum Gasteiger partial charge on any atom is 0.297 e. The van der Waals surface area contributed by atoms with Crippen molar-refractivity contribution in [2.45, 2.75) is 13.0 Å². The van der Waals surface area contributed by atoms with Gasteiger partial charge in [0.25, 0.3) is 5.91 Å². The highest BCUT2D eigenvalue weighted by Crippen LogP contribution is 2.42. The van der Waals surface area contributed by atoms with Gasteiger partial charge >= 0.3 is 0 Å². The third kappa shape index (κ3) is 2.75. The molecule has 4 aromatic rings. The Labute approximate surface area is 172 Å². The van der Waals surface area contributed by atoms with E-state index in [1.807, 2.05) is 0 Å². The molecular formula is C20H11ClFN3O3S. The lowest BCUT2D eigenvalue weighted by Crippen LogP contribution is -2.29. The Morgan fingerprint density at radius 3 is 2.59 bits per heavy atom. The Morgan fingerprint density at radius 1 is 1.14 bits per heavy atom. The van der Waals surface area contributed by atoms with Crippen LogP contribution in [-0.4, -0.2) is 16.1 Å². The number of aryl methyl sites for hydroxylation is 1. The standard InChI is InChI=1S/C20H11ClFN3O3S/c1-9-23-24-20(29-9)25-16(10-2-5-12(22)6-3-10)15-17(26)13-8-11(21)4-7-14(13)28-18(15)19(25)27/h2-8,16H,1H3/t16-/m0/s1. The SMILES string of the molecule is Cc1nnc(N2C(=O)c3oc4ccc(Cl)cc4c(=O)c3[C@@H]2c2ccc(F)cc2)s1. The number of hydrogen-bond donors (Lipinski definition) is 0. The summed E-state index contributed by atoms with van der Waals surface area (Å²) < 4.78 is 19.3. The molecule has 5 rings (SSSR count). The van der Waals surface area contributed by atoms with E-state index in [0.29, 0.717) is 20.7 Å². The molecule has 0 radical (unpaired) electrons. The number of rotatable bonds is 2. The third-order valence-corrected chi connectivity index (χ3v) is 5.81. The van der Waals surface area contributed by atoms with E-state index in [4.69, 9.17) is 16.0 Å². The minimum atomic E-state index is -0.815. The van der Waals surface area contributed by atoms with Gasteiger partial charge in [-0.15, -0.1) is 10.2 Å². The van der Waals surface area contributed by atoms with Crippen molar-refractivity contribution < 1.29 is 13.6 Å². The summed E-state index contributed by atoms with van der Waals surface area (Å²) in [6.45, 7) is 1.77. The lowest BCUT2D eigenvalue weighted by Gasteiger charge is -2.22. The van der Waals surface area contributed by atoms with Gasteiger partial charge < -0.3 is 4.42 Å². The molecule has 6 nitrogen and oxygen atoms in total. The van der Waals surface area contributed by atoms with Crippen LogP contribution in [0.25, 0.3) is 11.0 Å². The van der Waals surface area contributed by atoms with Crippen molar-refractivity contribution in [3.63, 3.8) is 0 Å². The number of anilines is 1. The normalized spacial score (nSPS) is 15.9. The predicted octanol–water partition coefficient (Wildman–Crippen LogP) is 4.50. The summed E-state index contributed by atoms with van der Waals surface area (Å²) in [4.78, 5) is 28.0. The van der Waals surface area contributed by atoms with Crippen molar-refractivity contribution in [2.75, 3.05) is 4.90 Å². The number of hydrogen-bond acceptors (Lipinski definition) is 6. The largest absolute Gasteiger partial charge is 0.450 e. The van der Waals surface area contributed by atoms with Gasteiger partial charge in [0.2, 0.25) is 10.9 Å². The minimum Gasteiger partial charge on any atom is -0.450 e. The molecule has 2 aromatic heterocycles. The Balaban J connectivity index is 1.83. The zero-order valence-electron chi connectivity index (χ0n) is 14.8. The van der Waals surface area contributed by atoms with Crippen molar-refractivity contribution >= 4 is 44.9 Å². The molecule has 0 unspecified atom stereocenters. The van der Waals surface area contributed by atoms with E-state index in [1.165, 1.54) is 46.6 Å². The van der Waals surface area contributed by atoms with Crippen molar-refractivity contribution in [2.24, 2.45) is 0 Å². The van der Waals surface area contributed by atoms with Crippen LogP contribution in [0.5, 0.6) is 0 Å². The van der Waals surface area contributed by atoms with E-state index in [0.717, 1.165) is 0 Å². The Kier molecular flexibility index (Phi) is 4.01. The lowest BCUT2D eigenvalue weighted by molar-refractivity contribution is 0.0970. The minimum absolute atomic E-state index is 0.0630.